The number of nitrogens with zero attached hydrogens (tertiary/aromatic N) is 3. The molecule has 2 aromatic rings. The summed E-state index contributed by atoms with van der Waals surface area (Å²) in [5.41, 5.74) is 0.959. The van der Waals surface area contributed by atoms with Gasteiger partial charge in [0.1, 0.15) is 0 Å². The topological polar surface area (TPSA) is 42.2 Å². The van der Waals surface area contributed by atoms with Crippen LogP contribution in [0.2, 0.25) is 0 Å². The molecule has 23 heavy (non-hydrogen) atoms. The van der Waals surface area contributed by atoms with Crippen LogP contribution >= 0.6 is 15.9 Å². The zero-order valence-corrected chi connectivity index (χ0v) is 14.8. The second-order valence-electron chi connectivity index (χ2n) is 6.71. The van der Waals surface area contributed by atoms with Gasteiger partial charge in [-0.25, -0.2) is 0 Å². The van der Waals surface area contributed by atoms with E-state index in [1.54, 1.807) is 0 Å². The predicted molar refractivity (Wildman–Crippen MR) is 92.8 cm³/mol. The van der Waals surface area contributed by atoms with Gasteiger partial charge in [-0.15, -0.1) is 10.2 Å². The Morgan fingerprint density at radius 2 is 1.91 bits per heavy atom. The zero-order chi connectivity index (χ0) is 15.6. The van der Waals surface area contributed by atoms with Crippen molar-refractivity contribution in [2.75, 3.05) is 6.54 Å². The third-order valence-electron chi connectivity index (χ3n) is 5.27. The summed E-state index contributed by atoms with van der Waals surface area (Å²) in [5.74, 6) is 2.22. The second kappa shape index (κ2) is 6.73. The van der Waals surface area contributed by atoms with Crippen LogP contribution < -0.4 is 0 Å². The Bertz CT molecular complexity index is 670. The van der Waals surface area contributed by atoms with Crippen molar-refractivity contribution in [1.29, 1.82) is 0 Å². The molecule has 1 aliphatic carbocycles. The number of hydrogen-bond acceptors (Lipinski definition) is 4. The molecule has 1 saturated carbocycles. The summed E-state index contributed by atoms with van der Waals surface area (Å²) in [4.78, 5) is 2.57. The highest BCUT2D eigenvalue weighted by Gasteiger charge is 2.33. The van der Waals surface area contributed by atoms with Crippen molar-refractivity contribution in [3.05, 3.63) is 34.6 Å². The number of piperidine rings is 1. The number of likely N-dealkylation sites (tertiary alicyclic amines) is 1. The lowest BCUT2D eigenvalue weighted by atomic mass is 9.78. The Morgan fingerprint density at radius 3 is 2.83 bits per heavy atom. The molecule has 1 aromatic heterocycles. The van der Waals surface area contributed by atoms with Crippen molar-refractivity contribution in [3.8, 4) is 11.5 Å². The first kappa shape index (κ1) is 15.3. The lowest BCUT2D eigenvalue weighted by Gasteiger charge is -2.43. The number of benzene rings is 1. The monoisotopic (exact) mass is 375 g/mol. The van der Waals surface area contributed by atoms with E-state index in [1.807, 2.05) is 24.3 Å². The van der Waals surface area contributed by atoms with Crippen molar-refractivity contribution < 1.29 is 4.42 Å². The SMILES string of the molecule is Brc1ccccc1-c1nnc(CN2CCCC3CCCCC32)o1. The molecule has 0 spiro atoms. The number of rotatable bonds is 3. The normalized spacial score (nSPS) is 25.3. The maximum atomic E-state index is 5.94. The predicted octanol–water partition coefficient (Wildman–Crippen LogP) is 4.65. The van der Waals surface area contributed by atoms with E-state index in [0.29, 0.717) is 5.89 Å². The van der Waals surface area contributed by atoms with E-state index in [4.69, 9.17) is 4.42 Å². The van der Waals surface area contributed by atoms with Gasteiger partial charge in [0.25, 0.3) is 0 Å². The molecule has 0 radical (unpaired) electrons. The van der Waals surface area contributed by atoms with Gasteiger partial charge in [0.15, 0.2) is 0 Å². The van der Waals surface area contributed by atoms with E-state index in [2.05, 4.69) is 31.0 Å². The Hall–Kier alpha value is -1.20. The van der Waals surface area contributed by atoms with E-state index >= 15 is 0 Å². The van der Waals surface area contributed by atoms with Gasteiger partial charge in [0.05, 0.1) is 12.1 Å². The summed E-state index contributed by atoms with van der Waals surface area (Å²) in [6.07, 6.45) is 8.19. The first-order valence-corrected chi connectivity index (χ1v) is 9.42. The highest BCUT2D eigenvalue weighted by Crippen LogP contribution is 2.36. The standard InChI is InChI=1S/C18H22BrN3O/c19-15-9-3-2-8-14(15)18-21-20-17(23-18)12-22-11-5-7-13-6-1-4-10-16(13)22/h2-3,8-9,13,16H,1,4-7,10-12H2. The van der Waals surface area contributed by atoms with Crippen molar-refractivity contribution in [1.82, 2.24) is 15.1 Å². The van der Waals surface area contributed by atoms with Crippen LogP contribution in [0.4, 0.5) is 0 Å². The molecule has 4 nitrogen and oxygen atoms in total. The van der Waals surface area contributed by atoms with Gasteiger partial charge < -0.3 is 4.42 Å². The van der Waals surface area contributed by atoms with Crippen molar-refractivity contribution >= 4 is 15.9 Å². The smallest absolute Gasteiger partial charge is 0.248 e. The molecular weight excluding hydrogens is 354 g/mol. The summed E-state index contributed by atoms with van der Waals surface area (Å²) in [6, 6.07) is 8.69. The minimum Gasteiger partial charge on any atom is -0.419 e. The van der Waals surface area contributed by atoms with E-state index < -0.39 is 0 Å². The number of fused-ring (bicyclic) bond motifs is 1. The number of aromatic nitrogens is 2. The molecule has 2 aliphatic rings. The molecule has 4 rings (SSSR count). The Kier molecular flexibility index (Phi) is 4.49. The molecule has 1 saturated heterocycles. The number of hydrogen-bond donors (Lipinski definition) is 0. The zero-order valence-electron chi connectivity index (χ0n) is 13.2. The van der Waals surface area contributed by atoms with Crippen LogP contribution in [-0.2, 0) is 6.54 Å². The Morgan fingerprint density at radius 1 is 1.09 bits per heavy atom. The van der Waals surface area contributed by atoms with Gasteiger partial charge in [0, 0.05) is 10.5 Å². The molecule has 2 fully saturated rings. The van der Waals surface area contributed by atoms with E-state index in [0.717, 1.165) is 41.0 Å². The van der Waals surface area contributed by atoms with Crippen LogP contribution in [0.15, 0.2) is 33.2 Å². The summed E-state index contributed by atoms with van der Waals surface area (Å²) in [5, 5.41) is 8.53. The quantitative estimate of drug-likeness (QED) is 0.782. The van der Waals surface area contributed by atoms with Gasteiger partial charge in [-0.3, -0.25) is 4.90 Å². The highest BCUT2D eigenvalue weighted by atomic mass is 79.9. The van der Waals surface area contributed by atoms with E-state index in [9.17, 15) is 0 Å². The summed E-state index contributed by atoms with van der Waals surface area (Å²) < 4.78 is 6.93. The largest absolute Gasteiger partial charge is 0.419 e. The fourth-order valence-electron chi connectivity index (χ4n) is 4.16. The minimum atomic E-state index is 0.602. The van der Waals surface area contributed by atoms with Gasteiger partial charge in [0.2, 0.25) is 11.8 Å². The van der Waals surface area contributed by atoms with Crippen LogP contribution in [-0.4, -0.2) is 27.7 Å². The van der Waals surface area contributed by atoms with Crippen LogP contribution in [0, 0.1) is 5.92 Å². The molecule has 2 heterocycles. The summed E-state index contributed by atoms with van der Waals surface area (Å²) >= 11 is 3.55. The van der Waals surface area contributed by atoms with Gasteiger partial charge in [-0.1, -0.05) is 25.0 Å². The van der Waals surface area contributed by atoms with Crippen LogP contribution in [0.1, 0.15) is 44.4 Å². The minimum absolute atomic E-state index is 0.602. The highest BCUT2D eigenvalue weighted by molar-refractivity contribution is 9.10. The third-order valence-corrected chi connectivity index (χ3v) is 5.96. The second-order valence-corrected chi connectivity index (χ2v) is 7.56. The number of halogens is 1. The maximum Gasteiger partial charge on any atom is 0.248 e. The fourth-order valence-corrected chi connectivity index (χ4v) is 4.61. The summed E-state index contributed by atoms with van der Waals surface area (Å²) in [7, 11) is 0. The van der Waals surface area contributed by atoms with Gasteiger partial charge in [-0.05, 0) is 66.2 Å². The average molecular weight is 376 g/mol. The van der Waals surface area contributed by atoms with Gasteiger partial charge >= 0.3 is 0 Å². The molecular formula is C18H22BrN3O. The Labute approximate surface area is 145 Å². The lowest BCUT2D eigenvalue weighted by Crippen LogP contribution is -2.46. The molecule has 1 aliphatic heterocycles. The fraction of sp³-hybridized carbons (Fsp3) is 0.556. The molecule has 122 valence electrons. The molecule has 2 atom stereocenters. The van der Waals surface area contributed by atoms with Crippen molar-refractivity contribution in [3.63, 3.8) is 0 Å². The molecule has 2 unspecified atom stereocenters. The molecule has 0 amide bonds. The van der Waals surface area contributed by atoms with E-state index in [-0.39, 0.29) is 0 Å². The van der Waals surface area contributed by atoms with Crippen molar-refractivity contribution in [2.24, 2.45) is 5.92 Å². The molecule has 5 heteroatoms. The molecule has 0 bridgehead atoms. The first-order chi connectivity index (χ1) is 11.3. The van der Waals surface area contributed by atoms with Crippen LogP contribution in [0.25, 0.3) is 11.5 Å². The van der Waals surface area contributed by atoms with Crippen molar-refractivity contribution in [2.45, 2.75) is 51.1 Å². The average Bonchev–Trinajstić information content (AvgIpc) is 3.04. The maximum absolute atomic E-state index is 5.94. The first-order valence-electron chi connectivity index (χ1n) is 8.62. The lowest BCUT2D eigenvalue weighted by molar-refractivity contribution is 0.0483. The van der Waals surface area contributed by atoms with Crippen LogP contribution in [0.5, 0.6) is 0 Å². The van der Waals surface area contributed by atoms with E-state index in [1.165, 1.54) is 38.5 Å². The van der Waals surface area contributed by atoms with Crippen LogP contribution in [0.3, 0.4) is 0 Å². The molecule has 1 aromatic carbocycles. The third kappa shape index (κ3) is 3.22. The molecule has 0 N–H and O–H groups in total. The Balaban J connectivity index is 1.50. The summed E-state index contributed by atoms with van der Waals surface area (Å²) in [6.45, 7) is 1.95. The van der Waals surface area contributed by atoms with Gasteiger partial charge in [-0.2, -0.15) is 0 Å².